The zero-order valence-electron chi connectivity index (χ0n) is 15.6. The lowest BCUT2D eigenvalue weighted by atomic mass is 10.0. The summed E-state index contributed by atoms with van der Waals surface area (Å²) >= 11 is 5.72. The van der Waals surface area contributed by atoms with Crippen LogP contribution in [0.3, 0.4) is 0 Å². The summed E-state index contributed by atoms with van der Waals surface area (Å²) in [5.74, 6) is 0.509. The molecule has 4 nitrogen and oxygen atoms in total. The van der Waals surface area contributed by atoms with Gasteiger partial charge < -0.3 is 14.8 Å². The highest BCUT2D eigenvalue weighted by molar-refractivity contribution is 7.80. The fourth-order valence-corrected chi connectivity index (χ4v) is 4.09. The number of hydrogen-bond donors (Lipinski definition) is 1. The smallest absolute Gasteiger partial charge is 0.170 e. The maximum Gasteiger partial charge on any atom is 0.170 e. The topological polar surface area (TPSA) is 33.1 Å². The molecular weight excluding hydrogens is 352 g/mol. The molecule has 0 saturated carbocycles. The third-order valence-electron chi connectivity index (χ3n) is 4.88. The Kier molecular flexibility index (Phi) is 4.94. The Morgan fingerprint density at radius 3 is 2.52 bits per heavy atom. The van der Waals surface area contributed by atoms with Crippen LogP contribution in [0.1, 0.15) is 37.3 Å². The Morgan fingerprint density at radius 1 is 1.04 bits per heavy atom. The number of aromatic nitrogens is 2. The Bertz CT molecular complexity index is 904. The highest BCUT2D eigenvalue weighted by atomic mass is 32.1. The average Bonchev–Trinajstić information content (AvgIpc) is 3.28. The number of hydrogen-bond acceptors (Lipinski definition) is 2. The van der Waals surface area contributed by atoms with Gasteiger partial charge in [0.25, 0.3) is 0 Å². The molecule has 0 unspecified atom stereocenters. The lowest BCUT2D eigenvalue weighted by molar-refractivity contribution is 0.280. The lowest BCUT2D eigenvalue weighted by Crippen LogP contribution is -2.33. The second-order valence-corrected chi connectivity index (χ2v) is 7.70. The number of nitrogens with one attached hydrogen (secondary N) is 1. The summed E-state index contributed by atoms with van der Waals surface area (Å²) in [5.41, 5.74) is 3.38. The van der Waals surface area contributed by atoms with E-state index in [1.165, 1.54) is 5.69 Å². The van der Waals surface area contributed by atoms with E-state index in [2.05, 4.69) is 82.3 Å². The van der Waals surface area contributed by atoms with Crippen LogP contribution >= 0.6 is 12.2 Å². The molecule has 27 heavy (non-hydrogen) atoms. The monoisotopic (exact) mass is 376 g/mol. The lowest BCUT2D eigenvalue weighted by Gasteiger charge is -2.30. The van der Waals surface area contributed by atoms with Crippen molar-refractivity contribution in [3.05, 3.63) is 84.4 Å². The first kappa shape index (κ1) is 17.7. The minimum atomic E-state index is 0.0230. The number of para-hydroxylation sites is 1. The van der Waals surface area contributed by atoms with E-state index in [-0.39, 0.29) is 12.1 Å². The number of benzene rings is 1. The van der Waals surface area contributed by atoms with E-state index in [0.717, 1.165) is 23.0 Å². The number of thiocarbonyl (C=S) groups is 1. The van der Waals surface area contributed by atoms with Gasteiger partial charge in [0.05, 0.1) is 17.8 Å². The minimum absolute atomic E-state index is 0.0230. The van der Waals surface area contributed by atoms with Gasteiger partial charge in [0.1, 0.15) is 0 Å². The molecule has 0 bridgehead atoms. The average molecular weight is 377 g/mol. The highest BCUT2D eigenvalue weighted by Crippen LogP contribution is 2.39. The van der Waals surface area contributed by atoms with Gasteiger partial charge in [-0.25, -0.2) is 0 Å². The van der Waals surface area contributed by atoms with Crippen molar-refractivity contribution < 1.29 is 0 Å². The first-order chi connectivity index (χ1) is 13.1. The second kappa shape index (κ2) is 7.53. The predicted octanol–water partition coefficient (Wildman–Crippen LogP) is 4.50. The zero-order valence-corrected chi connectivity index (χ0v) is 16.4. The van der Waals surface area contributed by atoms with Gasteiger partial charge in [0, 0.05) is 30.3 Å². The van der Waals surface area contributed by atoms with Gasteiger partial charge in [0.15, 0.2) is 5.11 Å². The van der Waals surface area contributed by atoms with Crippen LogP contribution < -0.4 is 5.32 Å². The molecule has 0 aliphatic carbocycles. The van der Waals surface area contributed by atoms with Crippen molar-refractivity contribution in [2.75, 3.05) is 6.54 Å². The molecule has 4 rings (SSSR count). The van der Waals surface area contributed by atoms with Crippen molar-refractivity contribution in [3.8, 4) is 5.69 Å². The van der Waals surface area contributed by atoms with E-state index in [1.54, 1.807) is 0 Å². The molecular formula is C22H24N4S. The van der Waals surface area contributed by atoms with Crippen molar-refractivity contribution in [3.63, 3.8) is 0 Å². The molecule has 1 aromatic carbocycles. The third-order valence-corrected chi connectivity index (χ3v) is 5.23. The Hall–Kier alpha value is -2.66. The molecule has 1 fully saturated rings. The largest absolute Gasteiger partial charge is 0.352 e. The van der Waals surface area contributed by atoms with Crippen molar-refractivity contribution in [1.29, 1.82) is 0 Å². The van der Waals surface area contributed by atoms with Crippen LogP contribution in [0.5, 0.6) is 0 Å². The quantitative estimate of drug-likeness (QED) is 0.665. The summed E-state index contributed by atoms with van der Waals surface area (Å²) < 4.78 is 2.25. The van der Waals surface area contributed by atoms with Gasteiger partial charge in [-0.3, -0.25) is 4.98 Å². The van der Waals surface area contributed by atoms with Gasteiger partial charge in [-0.2, -0.15) is 0 Å². The summed E-state index contributed by atoms with van der Waals surface area (Å²) in [5, 5.41) is 4.32. The summed E-state index contributed by atoms with van der Waals surface area (Å²) in [6, 6.07) is 20.9. The fourth-order valence-electron chi connectivity index (χ4n) is 3.78. The Morgan fingerprint density at radius 2 is 1.81 bits per heavy atom. The standard InChI is InChI=1S/C22H24N4S/c1-16(2)15-26-21(20(24-22(26)27)18-11-6-7-13-23-18)19-12-8-14-25(19)17-9-4-3-5-10-17/h3-14,16,20-21H,15H2,1-2H3,(H,24,27)/t20-,21-/m1/s1. The first-order valence-electron chi connectivity index (χ1n) is 9.36. The maximum absolute atomic E-state index is 5.72. The van der Waals surface area contributed by atoms with Gasteiger partial charge in [-0.1, -0.05) is 38.1 Å². The number of pyridine rings is 1. The van der Waals surface area contributed by atoms with Crippen molar-refractivity contribution in [2.24, 2.45) is 5.92 Å². The highest BCUT2D eigenvalue weighted by Gasteiger charge is 2.41. The van der Waals surface area contributed by atoms with Crippen LogP contribution in [-0.4, -0.2) is 26.1 Å². The summed E-state index contributed by atoms with van der Waals surface area (Å²) in [6.45, 7) is 5.35. The van der Waals surface area contributed by atoms with Gasteiger partial charge in [-0.05, 0) is 54.5 Å². The molecule has 1 saturated heterocycles. The summed E-state index contributed by atoms with van der Waals surface area (Å²) in [4.78, 5) is 6.93. The molecule has 0 spiro atoms. The van der Waals surface area contributed by atoms with Crippen molar-refractivity contribution >= 4 is 17.3 Å². The van der Waals surface area contributed by atoms with Crippen LogP contribution in [-0.2, 0) is 0 Å². The molecule has 2 atom stereocenters. The van der Waals surface area contributed by atoms with Gasteiger partial charge >= 0.3 is 0 Å². The van der Waals surface area contributed by atoms with Crippen LogP contribution in [0.2, 0.25) is 0 Å². The SMILES string of the molecule is CC(C)CN1C(=S)N[C@H](c2ccccn2)[C@H]1c1cccn1-c1ccccc1. The molecule has 1 aliphatic rings. The van der Waals surface area contributed by atoms with Gasteiger partial charge in [-0.15, -0.1) is 0 Å². The van der Waals surface area contributed by atoms with Crippen LogP contribution in [0.25, 0.3) is 5.69 Å². The molecule has 138 valence electrons. The summed E-state index contributed by atoms with van der Waals surface area (Å²) in [7, 11) is 0. The molecule has 5 heteroatoms. The molecule has 2 aromatic heterocycles. The molecule has 1 aliphatic heterocycles. The fraction of sp³-hybridized carbons (Fsp3) is 0.273. The van der Waals surface area contributed by atoms with E-state index in [9.17, 15) is 0 Å². The molecule has 3 aromatic rings. The van der Waals surface area contributed by atoms with Crippen LogP contribution in [0.4, 0.5) is 0 Å². The van der Waals surface area contributed by atoms with E-state index < -0.39 is 0 Å². The van der Waals surface area contributed by atoms with E-state index in [4.69, 9.17) is 12.2 Å². The van der Waals surface area contributed by atoms with Crippen molar-refractivity contribution in [1.82, 2.24) is 19.8 Å². The van der Waals surface area contributed by atoms with E-state index in [0.29, 0.717) is 5.92 Å². The maximum atomic E-state index is 5.72. The predicted molar refractivity (Wildman–Crippen MR) is 113 cm³/mol. The minimum Gasteiger partial charge on any atom is -0.352 e. The molecule has 0 radical (unpaired) electrons. The normalized spacial score (nSPS) is 19.5. The molecule has 1 N–H and O–H groups in total. The Labute approximate surface area is 165 Å². The van der Waals surface area contributed by atoms with Crippen molar-refractivity contribution in [2.45, 2.75) is 25.9 Å². The first-order valence-corrected chi connectivity index (χ1v) is 9.76. The van der Waals surface area contributed by atoms with E-state index >= 15 is 0 Å². The van der Waals surface area contributed by atoms with Gasteiger partial charge in [0.2, 0.25) is 0 Å². The zero-order chi connectivity index (χ0) is 18.8. The van der Waals surface area contributed by atoms with E-state index in [1.807, 2.05) is 24.4 Å². The third kappa shape index (κ3) is 3.47. The number of rotatable bonds is 5. The molecule has 0 amide bonds. The number of nitrogens with zero attached hydrogens (tertiary/aromatic N) is 3. The molecule has 3 heterocycles. The summed E-state index contributed by atoms with van der Waals surface area (Å²) in [6.07, 6.45) is 3.97. The van der Waals surface area contributed by atoms with Crippen LogP contribution in [0, 0.1) is 5.92 Å². The van der Waals surface area contributed by atoms with Crippen LogP contribution in [0.15, 0.2) is 73.1 Å². The second-order valence-electron chi connectivity index (χ2n) is 7.31. The Balaban J connectivity index is 1.81.